The molecule has 1 atom stereocenters. The van der Waals surface area contributed by atoms with Crippen LogP contribution in [0, 0.1) is 0 Å². The monoisotopic (exact) mass is 533 g/mol. The van der Waals surface area contributed by atoms with E-state index in [1.54, 1.807) is 24.3 Å². The highest BCUT2D eigenvalue weighted by molar-refractivity contribution is 7.89. The summed E-state index contributed by atoms with van der Waals surface area (Å²) >= 11 is 6.22. The number of Topliss-reactive ketones (excluding diaryl/α,β-unsaturated/α-hetero) is 1. The minimum absolute atomic E-state index is 0.0430. The van der Waals surface area contributed by atoms with E-state index in [2.05, 4.69) is 4.90 Å². The van der Waals surface area contributed by atoms with E-state index in [0.717, 1.165) is 17.4 Å². The van der Waals surface area contributed by atoms with E-state index < -0.39 is 27.8 Å². The average Bonchev–Trinajstić information content (AvgIpc) is 3.12. The van der Waals surface area contributed by atoms with Gasteiger partial charge >= 0.3 is 0 Å². The van der Waals surface area contributed by atoms with Crippen molar-refractivity contribution < 1.29 is 27.9 Å². The second-order valence-electron chi connectivity index (χ2n) is 8.81. The number of amides is 1. The first kappa shape index (κ1) is 26.3. The lowest BCUT2D eigenvalue weighted by atomic mass is 9.95. The van der Waals surface area contributed by atoms with E-state index in [1.807, 2.05) is 0 Å². The molecule has 0 saturated carbocycles. The molecule has 0 unspecified atom stereocenters. The molecule has 2 aromatic carbocycles. The summed E-state index contributed by atoms with van der Waals surface area (Å²) in [6.07, 6.45) is 0. The number of ether oxygens (including phenoxy) is 1. The van der Waals surface area contributed by atoms with E-state index in [-0.39, 0.29) is 28.3 Å². The van der Waals surface area contributed by atoms with Crippen molar-refractivity contribution in [3.05, 3.63) is 70.3 Å². The van der Waals surface area contributed by atoms with E-state index in [0.29, 0.717) is 30.3 Å². The van der Waals surface area contributed by atoms with Crippen LogP contribution >= 0.6 is 11.6 Å². The van der Waals surface area contributed by atoms with Crippen LogP contribution in [0.3, 0.4) is 0 Å². The number of benzene rings is 2. The number of morpholine rings is 1. The molecular weight excluding hydrogens is 506 g/mol. The lowest BCUT2D eigenvalue weighted by Crippen LogP contribution is -2.42. The highest BCUT2D eigenvalue weighted by Gasteiger charge is 2.46. The Hall–Kier alpha value is -2.76. The largest absolute Gasteiger partial charge is 0.507 e. The maximum Gasteiger partial charge on any atom is 0.295 e. The maximum absolute atomic E-state index is 13.2. The minimum atomic E-state index is -3.67. The molecule has 4 rings (SSSR count). The number of ketones is 1. The summed E-state index contributed by atoms with van der Waals surface area (Å²) in [5.74, 6) is -1.88. The third-order valence-electron chi connectivity index (χ3n) is 6.37. The molecule has 0 aromatic heterocycles. The van der Waals surface area contributed by atoms with Gasteiger partial charge in [0.2, 0.25) is 10.0 Å². The van der Waals surface area contributed by atoms with Crippen molar-refractivity contribution in [1.82, 2.24) is 14.1 Å². The second kappa shape index (κ2) is 10.7. The molecule has 36 heavy (non-hydrogen) atoms. The van der Waals surface area contributed by atoms with Crippen LogP contribution < -0.4 is 0 Å². The number of hydrogen-bond donors (Lipinski definition) is 1. The zero-order chi connectivity index (χ0) is 26.0. The third-order valence-corrected chi connectivity index (χ3v) is 8.44. The predicted molar refractivity (Wildman–Crippen MR) is 135 cm³/mol. The van der Waals surface area contributed by atoms with Crippen molar-refractivity contribution in [3.63, 3.8) is 0 Å². The molecule has 11 heteroatoms. The molecule has 0 aliphatic carbocycles. The van der Waals surface area contributed by atoms with E-state index in [4.69, 9.17) is 16.3 Å². The summed E-state index contributed by atoms with van der Waals surface area (Å²) in [6, 6.07) is 11.5. The average molecular weight is 534 g/mol. The van der Waals surface area contributed by atoms with Crippen LogP contribution in [-0.4, -0.2) is 92.8 Å². The van der Waals surface area contributed by atoms with Gasteiger partial charge in [-0.15, -0.1) is 0 Å². The zero-order valence-electron chi connectivity index (χ0n) is 20.1. The normalized spacial score (nSPS) is 20.9. The number of carbonyl (C=O) groups is 2. The van der Waals surface area contributed by atoms with Gasteiger partial charge in [0.1, 0.15) is 5.76 Å². The summed E-state index contributed by atoms with van der Waals surface area (Å²) in [4.78, 5) is 30.0. The summed E-state index contributed by atoms with van der Waals surface area (Å²) < 4.78 is 31.3. The van der Waals surface area contributed by atoms with Gasteiger partial charge in [-0.2, -0.15) is 0 Å². The summed E-state index contributed by atoms with van der Waals surface area (Å²) in [5.41, 5.74) is 0.760. The van der Waals surface area contributed by atoms with Crippen molar-refractivity contribution in [3.8, 4) is 0 Å². The molecule has 0 bridgehead atoms. The first-order valence-corrected chi connectivity index (χ1v) is 13.3. The van der Waals surface area contributed by atoms with Gasteiger partial charge in [-0.3, -0.25) is 14.5 Å². The van der Waals surface area contributed by atoms with Crippen LogP contribution in [0.15, 0.2) is 59.0 Å². The standard InChI is InChI=1S/C25H28ClN3O6S/c1-27(2)36(33,34)20-8-6-17(7-9-20)23(30)21-22(18-4-3-5-19(26)16-18)29(25(32)24(21)31)11-10-28-12-14-35-15-13-28/h3-9,16,22,30H,10-15H2,1-2H3/b23-21+/t22-/m0/s1. The number of carbonyl (C=O) groups excluding carboxylic acids is 2. The molecule has 2 heterocycles. The van der Waals surface area contributed by atoms with Crippen LogP contribution in [0.4, 0.5) is 0 Å². The maximum atomic E-state index is 13.2. The molecule has 0 radical (unpaired) electrons. The Labute approximate surface area is 215 Å². The minimum Gasteiger partial charge on any atom is -0.507 e. The number of likely N-dealkylation sites (tertiary alicyclic amines) is 1. The number of hydrogen-bond acceptors (Lipinski definition) is 7. The Morgan fingerprint density at radius 2 is 1.75 bits per heavy atom. The summed E-state index contributed by atoms with van der Waals surface area (Å²) in [6.45, 7) is 3.50. The number of halogens is 1. The number of rotatable bonds is 7. The van der Waals surface area contributed by atoms with Crippen molar-refractivity contribution >= 4 is 39.1 Å². The van der Waals surface area contributed by atoms with Gasteiger partial charge < -0.3 is 14.7 Å². The molecule has 2 fully saturated rings. The Kier molecular flexibility index (Phi) is 7.82. The van der Waals surface area contributed by atoms with E-state index >= 15 is 0 Å². The van der Waals surface area contributed by atoms with Crippen molar-refractivity contribution in [2.75, 3.05) is 53.5 Å². The number of aliphatic hydroxyl groups excluding tert-OH is 1. The van der Waals surface area contributed by atoms with Gasteiger partial charge in [-0.05, 0) is 42.0 Å². The van der Waals surface area contributed by atoms with E-state index in [9.17, 15) is 23.1 Å². The molecule has 1 amide bonds. The van der Waals surface area contributed by atoms with Gasteiger partial charge in [-0.1, -0.05) is 23.7 Å². The zero-order valence-corrected chi connectivity index (χ0v) is 21.6. The molecule has 2 aromatic rings. The van der Waals surface area contributed by atoms with Crippen LogP contribution in [-0.2, 0) is 24.3 Å². The van der Waals surface area contributed by atoms with Gasteiger partial charge in [0.05, 0.1) is 29.7 Å². The van der Waals surface area contributed by atoms with E-state index in [1.165, 1.54) is 43.3 Å². The van der Waals surface area contributed by atoms with Crippen LogP contribution in [0.25, 0.3) is 5.76 Å². The lowest BCUT2D eigenvalue weighted by Gasteiger charge is -2.31. The Balaban J connectivity index is 1.73. The Morgan fingerprint density at radius 1 is 1.08 bits per heavy atom. The summed E-state index contributed by atoms with van der Waals surface area (Å²) in [7, 11) is -0.819. The molecule has 0 spiro atoms. The molecule has 9 nitrogen and oxygen atoms in total. The lowest BCUT2D eigenvalue weighted by molar-refractivity contribution is -0.140. The fourth-order valence-corrected chi connectivity index (χ4v) is 5.46. The Morgan fingerprint density at radius 3 is 2.36 bits per heavy atom. The molecule has 1 N–H and O–H groups in total. The quantitative estimate of drug-likeness (QED) is 0.331. The van der Waals surface area contributed by atoms with Crippen molar-refractivity contribution in [2.45, 2.75) is 10.9 Å². The van der Waals surface area contributed by atoms with Crippen LogP contribution in [0.1, 0.15) is 17.2 Å². The third kappa shape index (κ3) is 5.18. The highest BCUT2D eigenvalue weighted by atomic mass is 35.5. The first-order valence-electron chi connectivity index (χ1n) is 11.5. The van der Waals surface area contributed by atoms with Gasteiger partial charge in [0.25, 0.3) is 11.7 Å². The highest BCUT2D eigenvalue weighted by Crippen LogP contribution is 2.40. The fraction of sp³-hybridized carbons (Fsp3) is 0.360. The fourth-order valence-electron chi connectivity index (χ4n) is 4.36. The molecule has 192 valence electrons. The van der Waals surface area contributed by atoms with Gasteiger partial charge in [-0.25, -0.2) is 12.7 Å². The Bertz CT molecular complexity index is 1290. The van der Waals surface area contributed by atoms with Crippen molar-refractivity contribution in [1.29, 1.82) is 0 Å². The molecule has 2 aliphatic heterocycles. The van der Waals surface area contributed by atoms with Gasteiger partial charge in [0.15, 0.2) is 0 Å². The number of aliphatic hydroxyl groups is 1. The summed E-state index contributed by atoms with van der Waals surface area (Å²) in [5, 5.41) is 11.6. The van der Waals surface area contributed by atoms with Crippen molar-refractivity contribution in [2.24, 2.45) is 0 Å². The van der Waals surface area contributed by atoms with Gasteiger partial charge in [0, 0.05) is 50.9 Å². The molecular formula is C25H28ClN3O6S. The number of nitrogens with zero attached hydrogens (tertiary/aromatic N) is 3. The second-order valence-corrected chi connectivity index (χ2v) is 11.4. The topological polar surface area (TPSA) is 107 Å². The smallest absolute Gasteiger partial charge is 0.295 e. The molecule has 2 aliphatic rings. The number of sulfonamides is 1. The first-order chi connectivity index (χ1) is 17.1. The molecule has 2 saturated heterocycles. The van der Waals surface area contributed by atoms with Crippen LogP contribution in [0.2, 0.25) is 5.02 Å². The SMILES string of the molecule is CN(C)S(=O)(=O)c1ccc(/C(O)=C2\C(=O)C(=O)N(CCN3CCOCC3)[C@H]2c2cccc(Cl)c2)cc1. The predicted octanol–water partition coefficient (Wildman–Crippen LogP) is 2.34. The van der Waals surface area contributed by atoms with Crippen LogP contribution in [0.5, 0.6) is 0 Å².